The van der Waals surface area contributed by atoms with Crippen LogP contribution in [0.25, 0.3) is 0 Å². The van der Waals surface area contributed by atoms with E-state index in [0.717, 1.165) is 32.0 Å². The van der Waals surface area contributed by atoms with Crippen molar-refractivity contribution in [2.45, 2.75) is 38.8 Å². The molecule has 8 heteroatoms. The van der Waals surface area contributed by atoms with Crippen LogP contribution >= 0.6 is 24.0 Å². The molecule has 2 unspecified atom stereocenters. The van der Waals surface area contributed by atoms with Gasteiger partial charge in [-0.3, -0.25) is 9.79 Å². The van der Waals surface area contributed by atoms with Gasteiger partial charge in [-0.25, -0.2) is 0 Å². The van der Waals surface area contributed by atoms with Gasteiger partial charge in [0.1, 0.15) is 6.10 Å². The molecular weight excluding hydrogens is 411 g/mol. The second kappa shape index (κ2) is 11.0. The SMILES string of the molecule is CCNC(=NCC1COCCO1)NC1CCN(C(=O)CC)C1.I. The maximum Gasteiger partial charge on any atom is 0.222 e. The number of nitrogens with one attached hydrogen (secondary N) is 2. The number of nitrogens with zero attached hydrogens (tertiary/aromatic N) is 2. The van der Waals surface area contributed by atoms with Crippen LogP contribution in [0.3, 0.4) is 0 Å². The third-order valence-electron chi connectivity index (χ3n) is 3.87. The van der Waals surface area contributed by atoms with Gasteiger partial charge in [0.25, 0.3) is 0 Å². The molecule has 0 aromatic heterocycles. The van der Waals surface area contributed by atoms with Crippen molar-refractivity contribution < 1.29 is 14.3 Å². The highest BCUT2D eigenvalue weighted by atomic mass is 127. The zero-order chi connectivity index (χ0) is 15.8. The fourth-order valence-electron chi connectivity index (χ4n) is 2.68. The van der Waals surface area contributed by atoms with Gasteiger partial charge in [-0.05, 0) is 13.3 Å². The molecule has 0 saturated carbocycles. The number of carbonyl (C=O) groups is 1. The maximum absolute atomic E-state index is 11.7. The summed E-state index contributed by atoms with van der Waals surface area (Å²) in [5.41, 5.74) is 0. The number of likely N-dealkylation sites (tertiary alicyclic amines) is 1. The Morgan fingerprint density at radius 1 is 1.35 bits per heavy atom. The molecule has 0 aromatic carbocycles. The maximum atomic E-state index is 11.7. The zero-order valence-electron chi connectivity index (χ0n) is 14.0. The molecule has 0 bridgehead atoms. The van der Waals surface area contributed by atoms with E-state index in [1.54, 1.807) is 0 Å². The summed E-state index contributed by atoms with van der Waals surface area (Å²) in [6, 6.07) is 0.261. The van der Waals surface area contributed by atoms with Crippen molar-refractivity contribution >= 4 is 35.8 Å². The van der Waals surface area contributed by atoms with Crippen LogP contribution in [0.5, 0.6) is 0 Å². The minimum absolute atomic E-state index is 0. The molecular formula is C15H29IN4O3. The molecule has 0 aliphatic carbocycles. The van der Waals surface area contributed by atoms with Crippen molar-refractivity contribution in [3.8, 4) is 0 Å². The quantitative estimate of drug-likeness (QED) is 0.372. The lowest BCUT2D eigenvalue weighted by molar-refractivity contribution is -0.129. The molecule has 2 N–H and O–H groups in total. The van der Waals surface area contributed by atoms with Gasteiger partial charge in [0.2, 0.25) is 5.91 Å². The fourth-order valence-corrected chi connectivity index (χ4v) is 2.68. The molecule has 2 aliphatic heterocycles. The lowest BCUT2D eigenvalue weighted by Gasteiger charge is -2.22. The predicted molar refractivity (Wildman–Crippen MR) is 100 cm³/mol. The normalized spacial score (nSPS) is 25.0. The zero-order valence-corrected chi connectivity index (χ0v) is 16.4. The molecule has 1 amide bonds. The average Bonchev–Trinajstić information content (AvgIpc) is 3.01. The van der Waals surface area contributed by atoms with Gasteiger partial charge in [0.05, 0.1) is 26.4 Å². The Balaban J connectivity index is 0.00000264. The Morgan fingerprint density at radius 2 is 2.17 bits per heavy atom. The topological polar surface area (TPSA) is 75.2 Å². The van der Waals surface area contributed by atoms with Crippen LogP contribution in [0, 0.1) is 0 Å². The molecule has 2 fully saturated rings. The number of carbonyl (C=O) groups excluding carboxylic acids is 1. The summed E-state index contributed by atoms with van der Waals surface area (Å²) in [6.07, 6.45) is 1.56. The Morgan fingerprint density at radius 3 is 2.83 bits per heavy atom. The minimum Gasteiger partial charge on any atom is -0.376 e. The molecule has 2 aliphatic rings. The van der Waals surface area contributed by atoms with E-state index in [2.05, 4.69) is 15.6 Å². The third-order valence-corrected chi connectivity index (χ3v) is 3.87. The fraction of sp³-hybridized carbons (Fsp3) is 0.867. The van der Waals surface area contributed by atoms with Gasteiger partial charge < -0.3 is 25.0 Å². The molecule has 0 radical (unpaired) electrons. The summed E-state index contributed by atoms with van der Waals surface area (Å²) in [6.45, 7) is 8.81. The van der Waals surface area contributed by atoms with Crippen LogP contribution in [0.1, 0.15) is 26.7 Å². The lowest BCUT2D eigenvalue weighted by Crippen LogP contribution is -2.45. The van der Waals surface area contributed by atoms with Crippen molar-refractivity contribution in [1.82, 2.24) is 15.5 Å². The first-order valence-corrected chi connectivity index (χ1v) is 8.24. The first kappa shape index (κ1) is 20.4. The van der Waals surface area contributed by atoms with E-state index >= 15 is 0 Å². The molecule has 2 rings (SSSR count). The summed E-state index contributed by atoms with van der Waals surface area (Å²) < 4.78 is 11.0. The van der Waals surface area contributed by atoms with E-state index in [1.807, 2.05) is 18.7 Å². The van der Waals surface area contributed by atoms with Crippen molar-refractivity contribution in [1.29, 1.82) is 0 Å². The van der Waals surface area contributed by atoms with Crippen molar-refractivity contribution in [2.24, 2.45) is 4.99 Å². The van der Waals surface area contributed by atoms with E-state index < -0.39 is 0 Å². The van der Waals surface area contributed by atoms with Crippen molar-refractivity contribution in [2.75, 3.05) is 46.0 Å². The Labute approximate surface area is 155 Å². The number of amides is 1. The third kappa shape index (κ3) is 6.80. The van der Waals surface area contributed by atoms with E-state index in [9.17, 15) is 4.79 Å². The molecule has 23 heavy (non-hydrogen) atoms. The molecule has 2 atom stereocenters. The molecule has 2 saturated heterocycles. The van der Waals surface area contributed by atoms with Gasteiger partial charge in [-0.15, -0.1) is 24.0 Å². The van der Waals surface area contributed by atoms with Gasteiger partial charge in [0, 0.05) is 32.1 Å². The summed E-state index contributed by atoms with van der Waals surface area (Å²) in [4.78, 5) is 18.2. The number of halogens is 1. The highest BCUT2D eigenvalue weighted by molar-refractivity contribution is 14.0. The van der Waals surface area contributed by atoms with Crippen LogP contribution in [0.2, 0.25) is 0 Å². The van der Waals surface area contributed by atoms with Crippen LogP contribution in [-0.2, 0) is 14.3 Å². The van der Waals surface area contributed by atoms with Crippen LogP contribution in [-0.4, -0.2) is 74.9 Å². The van der Waals surface area contributed by atoms with E-state index in [1.165, 1.54) is 0 Å². The van der Waals surface area contributed by atoms with E-state index in [0.29, 0.717) is 32.8 Å². The van der Waals surface area contributed by atoms with Gasteiger partial charge in [0.15, 0.2) is 5.96 Å². The molecule has 134 valence electrons. The Hall–Kier alpha value is -0.610. The molecule has 0 spiro atoms. The molecule has 0 aromatic rings. The minimum atomic E-state index is 0. The van der Waals surface area contributed by atoms with E-state index in [-0.39, 0.29) is 42.0 Å². The van der Waals surface area contributed by atoms with Gasteiger partial charge in [-0.1, -0.05) is 6.92 Å². The summed E-state index contributed by atoms with van der Waals surface area (Å²) >= 11 is 0. The largest absolute Gasteiger partial charge is 0.376 e. The van der Waals surface area contributed by atoms with Crippen LogP contribution < -0.4 is 10.6 Å². The standard InChI is InChI=1S/C15H28N4O3.HI/c1-3-14(20)19-6-5-12(10-19)18-15(16-4-2)17-9-13-11-21-7-8-22-13;/h12-13H,3-11H2,1-2H3,(H2,16,17,18);1H. The first-order valence-electron chi connectivity index (χ1n) is 8.24. The lowest BCUT2D eigenvalue weighted by atomic mass is 10.3. The molecule has 7 nitrogen and oxygen atoms in total. The van der Waals surface area contributed by atoms with Crippen molar-refractivity contribution in [3.63, 3.8) is 0 Å². The second-order valence-corrected chi connectivity index (χ2v) is 5.61. The highest BCUT2D eigenvalue weighted by Gasteiger charge is 2.25. The first-order chi connectivity index (χ1) is 10.7. The number of guanidine groups is 1. The summed E-state index contributed by atoms with van der Waals surface area (Å²) in [5.74, 6) is 1.01. The molecule has 2 heterocycles. The highest BCUT2D eigenvalue weighted by Crippen LogP contribution is 2.10. The summed E-state index contributed by atoms with van der Waals surface area (Å²) in [5, 5.41) is 6.66. The number of hydrogen-bond acceptors (Lipinski definition) is 4. The number of aliphatic imine (C=N–C) groups is 1. The second-order valence-electron chi connectivity index (χ2n) is 5.61. The van der Waals surface area contributed by atoms with Crippen LogP contribution in [0.15, 0.2) is 4.99 Å². The predicted octanol–water partition coefficient (Wildman–Crippen LogP) is 0.586. The van der Waals surface area contributed by atoms with Gasteiger partial charge >= 0.3 is 0 Å². The monoisotopic (exact) mass is 440 g/mol. The number of ether oxygens (including phenoxy) is 2. The Kier molecular flexibility index (Phi) is 9.80. The Bertz CT molecular complexity index is 389. The van der Waals surface area contributed by atoms with Gasteiger partial charge in [-0.2, -0.15) is 0 Å². The number of hydrogen-bond donors (Lipinski definition) is 2. The smallest absolute Gasteiger partial charge is 0.222 e. The summed E-state index contributed by atoms with van der Waals surface area (Å²) in [7, 11) is 0. The average molecular weight is 440 g/mol. The van der Waals surface area contributed by atoms with Crippen LogP contribution in [0.4, 0.5) is 0 Å². The van der Waals surface area contributed by atoms with Crippen molar-refractivity contribution in [3.05, 3.63) is 0 Å². The number of rotatable bonds is 5. The van der Waals surface area contributed by atoms with E-state index in [4.69, 9.17) is 9.47 Å².